The molecule has 9 heteroatoms. The Morgan fingerprint density at radius 3 is 3.05 bits per heavy atom. The Balaban J connectivity index is 1.75. The summed E-state index contributed by atoms with van der Waals surface area (Å²) in [6, 6.07) is 3.71. The summed E-state index contributed by atoms with van der Waals surface area (Å²) in [5.74, 6) is -1.26. The van der Waals surface area contributed by atoms with Crippen LogP contribution in [0, 0.1) is 5.82 Å². The van der Waals surface area contributed by atoms with Crippen LogP contribution in [0.3, 0.4) is 0 Å². The maximum absolute atomic E-state index is 13.3. The highest BCUT2D eigenvalue weighted by atomic mass is 19.1. The first-order chi connectivity index (χ1) is 9.63. The molecule has 3 rings (SSSR count). The van der Waals surface area contributed by atoms with Gasteiger partial charge in [0.2, 0.25) is 0 Å². The molecular formula is C11H10FN5O3. The first-order valence-electron chi connectivity index (χ1n) is 5.81. The van der Waals surface area contributed by atoms with E-state index in [4.69, 9.17) is 9.84 Å². The number of ether oxygens (including phenoxy) is 1. The van der Waals surface area contributed by atoms with E-state index in [2.05, 4.69) is 15.5 Å². The van der Waals surface area contributed by atoms with Crippen LogP contribution in [0.5, 0.6) is 5.75 Å². The first kappa shape index (κ1) is 12.3. The molecule has 1 aromatic heterocycles. The lowest BCUT2D eigenvalue weighted by Gasteiger charge is -2.13. The number of aromatic nitrogens is 4. The number of amides is 1. The van der Waals surface area contributed by atoms with E-state index in [-0.39, 0.29) is 6.54 Å². The van der Waals surface area contributed by atoms with E-state index < -0.39 is 23.8 Å². The molecular weight excluding hydrogens is 269 g/mol. The van der Waals surface area contributed by atoms with Crippen molar-refractivity contribution in [3.63, 3.8) is 0 Å². The van der Waals surface area contributed by atoms with Crippen molar-refractivity contribution in [1.29, 1.82) is 0 Å². The van der Waals surface area contributed by atoms with Gasteiger partial charge in [-0.05, 0) is 22.6 Å². The second-order valence-corrected chi connectivity index (χ2v) is 4.28. The van der Waals surface area contributed by atoms with Gasteiger partial charge < -0.3 is 9.84 Å². The number of benzene rings is 1. The Labute approximate surface area is 112 Å². The minimum atomic E-state index is -0.792. The summed E-state index contributed by atoms with van der Waals surface area (Å²) in [7, 11) is 0. The van der Waals surface area contributed by atoms with Gasteiger partial charge in [-0.15, -0.1) is 5.10 Å². The van der Waals surface area contributed by atoms with Crippen LogP contribution in [0.25, 0.3) is 0 Å². The monoisotopic (exact) mass is 279 g/mol. The number of hydrogen-bond donors (Lipinski definition) is 1. The van der Waals surface area contributed by atoms with Crippen LogP contribution in [0.15, 0.2) is 24.5 Å². The lowest BCUT2D eigenvalue weighted by Crippen LogP contribution is -2.26. The van der Waals surface area contributed by atoms with Gasteiger partial charge in [-0.25, -0.2) is 13.9 Å². The predicted octanol–water partition coefficient (Wildman–Crippen LogP) is 0.543. The van der Waals surface area contributed by atoms with Crippen molar-refractivity contribution in [1.82, 2.24) is 20.2 Å². The molecule has 0 bridgehead atoms. The Bertz CT molecular complexity index is 633. The van der Waals surface area contributed by atoms with E-state index in [1.54, 1.807) is 0 Å². The number of nitrogens with zero attached hydrogens (tertiary/aromatic N) is 5. The molecule has 1 fully saturated rings. The van der Waals surface area contributed by atoms with Gasteiger partial charge in [-0.1, -0.05) is 0 Å². The summed E-state index contributed by atoms with van der Waals surface area (Å²) < 4.78 is 19.9. The zero-order chi connectivity index (χ0) is 14.1. The largest absolute Gasteiger partial charge is 0.505 e. The molecule has 1 amide bonds. The fourth-order valence-corrected chi connectivity index (χ4v) is 1.96. The molecule has 1 N–H and O–H groups in total. The molecule has 0 saturated carbocycles. The van der Waals surface area contributed by atoms with E-state index in [0.29, 0.717) is 12.2 Å². The van der Waals surface area contributed by atoms with Crippen molar-refractivity contribution in [3.8, 4) is 5.75 Å². The Morgan fingerprint density at radius 1 is 1.50 bits per heavy atom. The van der Waals surface area contributed by atoms with Crippen LogP contribution >= 0.6 is 0 Å². The van der Waals surface area contributed by atoms with Crippen LogP contribution in [-0.2, 0) is 11.3 Å². The quantitative estimate of drug-likeness (QED) is 0.881. The number of tetrazole rings is 1. The number of carbonyl (C=O) groups is 1. The molecule has 1 saturated heterocycles. The molecule has 1 aromatic carbocycles. The molecule has 1 aliphatic heterocycles. The van der Waals surface area contributed by atoms with Crippen molar-refractivity contribution in [2.75, 3.05) is 11.4 Å². The number of anilines is 1. The van der Waals surface area contributed by atoms with Gasteiger partial charge in [0.25, 0.3) is 0 Å². The van der Waals surface area contributed by atoms with Gasteiger partial charge >= 0.3 is 6.09 Å². The molecule has 8 nitrogen and oxygen atoms in total. The van der Waals surface area contributed by atoms with E-state index in [9.17, 15) is 9.18 Å². The molecule has 20 heavy (non-hydrogen) atoms. The number of hydrogen-bond acceptors (Lipinski definition) is 6. The average molecular weight is 279 g/mol. The molecule has 1 atom stereocenters. The summed E-state index contributed by atoms with van der Waals surface area (Å²) >= 11 is 0. The number of cyclic esters (lactones) is 1. The summed E-state index contributed by atoms with van der Waals surface area (Å²) in [5, 5.41) is 19.8. The van der Waals surface area contributed by atoms with Crippen LogP contribution < -0.4 is 4.90 Å². The maximum Gasteiger partial charge on any atom is 0.414 e. The summed E-state index contributed by atoms with van der Waals surface area (Å²) in [6.07, 6.45) is 0.410. The van der Waals surface area contributed by atoms with Crippen LogP contribution in [0.2, 0.25) is 0 Å². The highest BCUT2D eigenvalue weighted by molar-refractivity contribution is 5.89. The number of aromatic hydroxyl groups is 1. The number of carbonyl (C=O) groups excluding carboxylic acids is 1. The molecule has 104 valence electrons. The predicted molar refractivity (Wildman–Crippen MR) is 63.5 cm³/mol. The topological polar surface area (TPSA) is 93.4 Å². The van der Waals surface area contributed by atoms with E-state index in [1.807, 2.05) is 0 Å². The van der Waals surface area contributed by atoms with Crippen LogP contribution in [-0.4, -0.2) is 44.1 Å². The van der Waals surface area contributed by atoms with Gasteiger partial charge in [0.15, 0.2) is 11.6 Å². The van der Waals surface area contributed by atoms with Crippen molar-refractivity contribution in [2.24, 2.45) is 0 Å². The minimum absolute atomic E-state index is 0.253. The normalized spacial score (nSPS) is 18.4. The summed E-state index contributed by atoms with van der Waals surface area (Å²) in [6.45, 7) is 0.568. The number of halogens is 1. The van der Waals surface area contributed by atoms with Crippen molar-refractivity contribution in [2.45, 2.75) is 12.6 Å². The molecule has 2 heterocycles. The Hall–Kier alpha value is -2.71. The molecule has 0 unspecified atom stereocenters. The second kappa shape index (κ2) is 4.76. The standard InChI is InChI=1S/C11H10FN5O3/c12-9-3-7(1-2-10(9)18)17-5-8(20-11(17)19)4-16-6-13-14-15-16/h1-3,6,8,18H,4-5H2/t8-/m0/s1. The highest BCUT2D eigenvalue weighted by Gasteiger charge is 2.33. The highest BCUT2D eigenvalue weighted by Crippen LogP contribution is 2.26. The lowest BCUT2D eigenvalue weighted by molar-refractivity contribution is 0.129. The molecule has 0 radical (unpaired) electrons. The maximum atomic E-state index is 13.3. The fourth-order valence-electron chi connectivity index (χ4n) is 1.96. The zero-order valence-corrected chi connectivity index (χ0v) is 10.2. The van der Waals surface area contributed by atoms with Gasteiger partial charge in [-0.2, -0.15) is 0 Å². The third kappa shape index (κ3) is 2.25. The van der Waals surface area contributed by atoms with Crippen molar-refractivity contribution < 1.29 is 19.0 Å². The van der Waals surface area contributed by atoms with Gasteiger partial charge in [0.1, 0.15) is 12.4 Å². The van der Waals surface area contributed by atoms with E-state index in [0.717, 1.165) is 6.07 Å². The van der Waals surface area contributed by atoms with Gasteiger partial charge in [0, 0.05) is 6.07 Å². The Morgan fingerprint density at radius 2 is 2.35 bits per heavy atom. The number of phenolic OH excluding ortho intramolecular Hbond substituents is 1. The van der Waals surface area contributed by atoms with Gasteiger partial charge in [0.05, 0.1) is 18.8 Å². The summed E-state index contributed by atoms with van der Waals surface area (Å²) in [5.41, 5.74) is 0.324. The minimum Gasteiger partial charge on any atom is -0.505 e. The molecule has 0 aliphatic carbocycles. The molecule has 1 aliphatic rings. The van der Waals surface area contributed by atoms with Crippen molar-refractivity contribution in [3.05, 3.63) is 30.3 Å². The summed E-state index contributed by atoms with van der Waals surface area (Å²) in [4.78, 5) is 13.1. The zero-order valence-electron chi connectivity index (χ0n) is 10.2. The number of phenols is 1. The Kier molecular flexibility index (Phi) is 2.93. The first-order valence-corrected chi connectivity index (χ1v) is 5.81. The molecule has 0 spiro atoms. The smallest absolute Gasteiger partial charge is 0.414 e. The lowest BCUT2D eigenvalue weighted by atomic mass is 10.2. The van der Waals surface area contributed by atoms with Crippen LogP contribution in [0.1, 0.15) is 0 Å². The third-order valence-corrected chi connectivity index (χ3v) is 2.90. The average Bonchev–Trinajstić information content (AvgIpc) is 3.03. The van der Waals surface area contributed by atoms with E-state index in [1.165, 1.54) is 28.0 Å². The van der Waals surface area contributed by atoms with Crippen LogP contribution in [0.4, 0.5) is 14.9 Å². The second-order valence-electron chi connectivity index (χ2n) is 4.28. The third-order valence-electron chi connectivity index (χ3n) is 2.90. The molecule has 2 aromatic rings. The SMILES string of the molecule is O=C1O[C@@H](Cn2cnnn2)CN1c1ccc(O)c(F)c1. The number of rotatable bonds is 3. The van der Waals surface area contributed by atoms with E-state index >= 15 is 0 Å². The fraction of sp³-hybridized carbons (Fsp3) is 0.273. The van der Waals surface area contributed by atoms with Gasteiger partial charge in [-0.3, -0.25) is 4.90 Å². The van der Waals surface area contributed by atoms with Crippen molar-refractivity contribution >= 4 is 11.8 Å².